The minimum absolute atomic E-state index is 0.103. The second kappa shape index (κ2) is 4.73. The van der Waals surface area contributed by atoms with Crippen molar-refractivity contribution in [3.05, 3.63) is 0 Å². The Labute approximate surface area is 56.0 Å². The van der Waals surface area contributed by atoms with E-state index >= 15 is 0 Å². The first-order valence-corrected chi connectivity index (χ1v) is 3.32. The van der Waals surface area contributed by atoms with E-state index in [0.717, 1.165) is 12.8 Å². The molecule has 0 aromatic carbocycles. The summed E-state index contributed by atoms with van der Waals surface area (Å²) in [4.78, 5) is 0. The van der Waals surface area contributed by atoms with Crippen LogP contribution >= 0.6 is 0 Å². The number of aliphatic hydroxyl groups excluding tert-OH is 1. The monoisotopic (exact) mass is 132 g/mol. The summed E-state index contributed by atoms with van der Waals surface area (Å²) >= 11 is 0. The third-order valence-electron chi connectivity index (χ3n) is 1.36. The van der Waals surface area contributed by atoms with E-state index in [-0.39, 0.29) is 6.04 Å². The lowest BCUT2D eigenvalue weighted by Crippen LogP contribution is -2.32. The Bertz CT molecular complexity index is 66.1. The van der Waals surface area contributed by atoms with Gasteiger partial charge in [-0.3, -0.25) is 0 Å². The van der Waals surface area contributed by atoms with Gasteiger partial charge in [0.2, 0.25) is 0 Å². The Balaban J connectivity index is 3.16. The van der Waals surface area contributed by atoms with Crippen molar-refractivity contribution in [2.75, 3.05) is 6.54 Å². The second-order valence-electron chi connectivity index (χ2n) is 2.34. The van der Waals surface area contributed by atoms with Gasteiger partial charge in [0.05, 0.1) is 6.10 Å². The molecular formula is C6H16N2O. The highest BCUT2D eigenvalue weighted by atomic mass is 16.3. The van der Waals surface area contributed by atoms with Crippen LogP contribution in [-0.4, -0.2) is 23.8 Å². The van der Waals surface area contributed by atoms with E-state index in [1.807, 2.05) is 0 Å². The standard InChI is InChI=1S/C6H16N2O/c1-5(9)6(8)3-2-4-7/h5-6,9H,2-4,7-8H2,1H3. The van der Waals surface area contributed by atoms with Crippen molar-refractivity contribution in [3.8, 4) is 0 Å². The first kappa shape index (κ1) is 8.88. The summed E-state index contributed by atoms with van der Waals surface area (Å²) in [5, 5.41) is 8.88. The van der Waals surface area contributed by atoms with Gasteiger partial charge >= 0.3 is 0 Å². The fraction of sp³-hybridized carbons (Fsp3) is 1.00. The zero-order valence-electron chi connectivity index (χ0n) is 5.88. The molecule has 0 bridgehead atoms. The second-order valence-corrected chi connectivity index (χ2v) is 2.34. The van der Waals surface area contributed by atoms with E-state index < -0.39 is 6.10 Å². The van der Waals surface area contributed by atoms with Crippen LogP contribution in [0.25, 0.3) is 0 Å². The Hall–Kier alpha value is -0.120. The van der Waals surface area contributed by atoms with Crippen molar-refractivity contribution < 1.29 is 5.11 Å². The largest absolute Gasteiger partial charge is 0.392 e. The smallest absolute Gasteiger partial charge is 0.0662 e. The highest BCUT2D eigenvalue weighted by molar-refractivity contribution is 4.66. The van der Waals surface area contributed by atoms with Gasteiger partial charge in [0.15, 0.2) is 0 Å². The molecule has 3 nitrogen and oxygen atoms in total. The summed E-state index contributed by atoms with van der Waals surface area (Å²) in [7, 11) is 0. The summed E-state index contributed by atoms with van der Waals surface area (Å²) < 4.78 is 0. The van der Waals surface area contributed by atoms with Gasteiger partial charge in [0, 0.05) is 6.04 Å². The van der Waals surface area contributed by atoms with Crippen LogP contribution in [0.5, 0.6) is 0 Å². The van der Waals surface area contributed by atoms with Crippen LogP contribution in [0.15, 0.2) is 0 Å². The zero-order chi connectivity index (χ0) is 7.28. The van der Waals surface area contributed by atoms with Gasteiger partial charge in [0.1, 0.15) is 0 Å². The van der Waals surface area contributed by atoms with Crippen molar-refractivity contribution in [1.29, 1.82) is 0 Å². The first-order chi connectivity index (χ1) is 4.18. The summed E-state index contributed by atoms with van der Waals surface area (Å²) in [6, 6.07) is -0.103. The average molecular weight is 132 g/mol. The van der Waals surface area contributed by atoms with E-state index in [1.165, 1.54) is 0 Å². The summed E-state index contributed by atoms with van der Waals surface area (Å²) in [5.41, 5.74) is 10.7. The molecule has 3 heteroatoms. The Morgan fingerprint density at radius 1 is 1.56 bits per heavy atom. The lowest BCUT2D eigenvalue weighted by Gasteiger charge is -2.12. The topological polar surface area (TPSA) is 72.3 Å². The van der Waals surface area contributed by atoms with Crippen LogP contribution in [0.2, 0.25) is 0 Å². The molecule has 0 heterocycles. The van der Waals surface area contributed by atoms with Crippen LogP contribution in [0.3, 0.4) is 0 Å². The third-order valence-corrected chi connectivity index (χ3v) is 1.36. The van der Waals surface area contributed by atoms with Crippen molar-refractivity contribution in [2.24, 2.45) is 11.5 Å². The van der Waals surface area contributed by atoms with Crippen molar-refractivity contribution in [1.82, 2.24) is 0 Å². The van der Waals surface area contributed by atoms with Crippen molar-refractivity contribution in [3.63, 3.8) is 0 Å². The first-order valence-electron chi connectivity index (χ1n) is 3.32. The van der Waals surface area contributed by atoms with Gasteiger partial charge in [-0.15, -0.1) is 0 Å². The van der Waals surface area contributed by atoms with Gasteiger partial charge in [-0.25, -0.2) is 0 Å². The van der Waals surface area contributed by atoms with E-state index in [1.54, 1.807) is 6.92 Å². The number of hydrogen-bond acceptors (Lipinski definition) is 3. The number of aliphatic hydroxyl groups is 1. The fourth-order valence-corrected chi connectivity index (χ4v) is 0.595. The Morgan fingerprint density at radius 2 is 2.11 bits per heavy atom. The quantitative estimate of drug-likeness (QED) is 0.480. The molecule has 5 N–H and O–H groups in total. The van der Waals surface area contributed by atoms with Gasteiger partial charge in [0.25, 0.3) is 0 Å². The molecule has 0 fully saturated rings. The van der Waals surface area contributed by atoms with Crippen LogP contribution in [0, 0.1) is 0 Å². The Morgan fingerprint density at radius 3 is 2.44 bits per heavy atom. The van der Waals surface area contributed by atoms with E-state index in [9.17, 15) is 0 Å². The minimum Gasteiger partial charge on any atom is -0.392 e. The van der Waals surface area contributed by atoms with Crippen molar-refractivity contribution in [2.45, 2.75) is 31.9 Å². The molecule has 0 aliphatic rings. The van der Waals surface area contributed by atoms with Crippen LogP contribution in [0.1, 0.15) is 19.8 Å². The molecule has 0 aromatic rings. The highest BCUT2D eigenvalue weighted by Gasteiger charge is 2.06. The number of rotatable bonds is 4. The zero-order valence-corrected chi connectivity index (χ0v) is 5.88. The predicted molar refractivity (Wildman–Crippen MR) is 37.9 cm³/mol. The molecule has 0 aliphatic carbocycles. The maximum atomic E-state index is 8.88. The van der Waals surface area contributed by atoms with Crippen LogP contribution in [-0.2, 0) is 0 Å². The van der Waals surface area contributed by atoms with E-state index in [0.29, 0.717) is 6.54 Å². The summed E-state index contributed by atoms with van der Waals surface area (Å²) in [6.45, 7) is 2.35. The summed E-state index contributed by atoms with van der Waals surface area (Å²) in [5.74, 6) is 0. The average Bonchev–Trinajstić information content (AvgIpc) is 1.82. The molecule has 0 aliphatic heterocycles. The van der Waals surface area contributed by atoms with E-state index in [2.05, 4.69) is 0 Å². The molecule has 0 rings (SSSR count). The molecule has 0 aromatic heterocycles. The summed E-state index contributed by atoms with van der Waals surface area (Å²) in [6.07, 6.45) is 1.30. The molecule has 9 heavy (non-hydrogen) atoms. The van der Waals surface area contributed by atoms with Crippen molar-refractivity contribution >= 4 is 0 Å². The molecule has 0 spiro atoms. The molecule has 2 atom stereocenters. The lowest BCUT2D eigenvalue weighted by molar-refractivity contribution is 0.158. The van der Waals surface area contributed by atoms with Crippen LogP contribution in [0.4, 0.5) is 0 Å². The SMILES string of the molecule is CC(O)C(N)CCCN. The fourth-order valence-electron chi connectivity index (χ4n) is 0.595. The molecule has 2 unspecified atom stereocenters. The van der Waals surface area contributed by atoms with Gasteiger partial charge in [-0.1, -0.05) is 0 Å². The molecule has 0 radical (unpaired) electrons. The number of nitrogens with two attached hydrogens (primary N) is 2. The molecule has 56 valence electrons. The highest BCUT2D eigenvalue weighted by Crippen LogP contribution is 1.96. The molecule has 0 saturated heterocycles. The predicted octanol–water partition coefficient (Wildman–Crippen LogP) is -0.567. The maximum absolute atomic E-state index is 8.88. The van der Waals surface area contributed by atoms with Gasteiger partial charge < -0.3 is 16.6 Å². The Kier molecular flexibility index (Phi) is 4.67. The third kappa shape index (κ3) is 4.39. The lowest BCUT2D eigenvalue weighted by atomic mass is 10.1. The number of hydrogen-bond donors (Lipinski definition) is 3. The normalized spacial score (nSPS) is 17.3. The van der Waals surface area contributed by atoms with Gasteiger partial charge in [-0.05, 0) is 26.3 Å². The molecule has 0 amide bonds. The maximum Gasteiger partial charge on any atom is 0.0662 e. The molecule has 0 saturated carbocycles. The van der Waals surface area contributed by atoms with E-state index in [4.69, 9.17) is 16.6 Å². The van der Waals surface area contributed by atoms with Gasteiger partial charge in [-0.2, -0.15) is 0 Å². The minimum atomic E-state index is -0.406. The molecular weight excluding hydrogens is 116 g/mol. The van der Waals surface area contributed by atoms with Crippen LogP contribution < -0.4 is 11.5 Å².